The first-order valence-corrected chi connectivity index (χ1v) is 9.05. The SMILES string of the molecule is COC(=O)[C@@H]1CC[C@H](C)[C@@H](c2ccc(Br)cc2)N1C[C@@H](O)CN=[N+]=[N-]. The zero-order valence-electron chi connectivity index (χ0n) is 14.4. The van der Waals surface area contributed by atoms with Gasteiger partial charge in [0.25, 0.3) is 0 Å². The van der Waals surface area contributed by atoms with E-state index in [0.717, 1.165) is 16.5 Å². The molecule has 0 amide bonds. The molecule has 136 valence electrons. The number of piperidine rings is 1. The van der Waals surface area contributed by atoms with E-state index in [1.807, 2.05) is 29.2 Å². The van der Waals surface area contributed by atoms with Crippen molar-refractivity contribution in [2.75, 3.05) is 20.2 Å². The monoisotopic (exact) mass is 410 g/mol. The number of hydrogen-bond acceptors (Lipinski definition) is 5. The largest absolute Gasteiger partial charge is 0.468 e. The highest BCUT2D eigenvalue weighted by Crippen LogP contribution is 2.39. The molecule has 0 radical (unpaired) electrons. The van der Waals surface area contributed by atoms with Gasteiger partial charge < -0.3 is 9.84 Å². The predicted octanol–water partition coefficient (Wildman–Crippen LogP) is 3.43. The van der Waals surface area contributed by atoms with Crippen LogP contribution >= 0.6 is 15.9 Å². The number of esters is 1. The fourth-order valence-electron chi connectivity index (χ4n) is 3.51. The number of aliphatic hydroxyl groups is 1. The highest BCUT2D eigenvalue weighted by molar-refractivity contribution is 9.10. The maximum absolute atomic E-state index is 12.3. The summed E-state index contributed by atoms with van der Waals surface area (Å²) in [5.74, 6) is 0.0127. The molecule has 25 heavy (non-hydrogen) atoms. The number of azide groups is 1. The molecule has 0 spiro atoms. The molecule has 4 atom stereocenters. The van der Waals surface area contributed by atoms with Crippen LogP contribution in [0.1, 0.15) is 31.4 Å². The average Bonchev–Trinajstić information content (AvgIpc) is 2.61. The van der Waals surface area contributed by atoms with Gasteiger partial charge in [0.2, 0.25) is 0 Å². The lowest BCUT2D eigenvalue weighted by Gasteiger charge is -2.45. The lowest BCUT2D eigenvalue weighted by molar-refractivity contribution is -0.152. The quantitative estimate of drug-likeness (QED) is 0.336. The van der Waals surface area contributed by atoms with Gasteiger partial charge in [-0.3, -0.25) is 9.69 Å². The van der Waals surface area contributed by atoms with Crippen molar-refractivity contribution in [3.63, 3.8) is 0 Å². The Bertz CT molecular complexity index is 633. The Morgan fingerprint density at radius 2 is 2.16 bits per heavy atom. The third-order valence-corrected chi connectivity index (χ3v) is 5.18. The Hall–Kier alpha value is -1.60. The third kappa shape index (κ3) is 4.95. The first-order valence-electron chi connectivity index (χ1n) is 8.25. The van der Waals surface area contributed by atoms with Gasteiger partial charge in [0.1, 0.15) is 6.04 Å². The number of halogens is 1. The average molecular weight is 411 g/mol. The van der Waals surface area contributed by atoms with Crippen LogP contribution in [0.15, 0.2) is 33.9 Å². The van der Waals surface area contributed by atoms with Crippen LogP contribution in [0.5, 0.6) is 0 Å². The molecule has 0 aromatic heterocycles. The third-order valence-electron chi connectivity index (χ3n) is 4.65. The Balaban J connectivity index is 2.33. The van der Waals surface area contributed by atoms with Gasteiger partial charge >= 0.3 is 5.97 Å². The number of carbonyl (C=O) groups is 1. The summed E-state index contributed by atoms with van der Waals surface area (Å²) >= 11 is 3.44. The van der Waals surface area contributed by atoms with E-state index in [0.29, 0.717) is 12.3 Å². The number of aliphatic hydroxyl groups excluding tert-OH is 1. The van der Waals surface area contributed by atoms with Crippen LogP contribution < -0.4 is 0 Å². The summed E-state index contributed by atoms with van der Waals surface area (Å²) in [4.78, 5) is 17.0. The zero-order chi connectivity index (χ0) is 18.4. The standard InChI is InChI=1S/C17H23BrN4O3/c1-11-3-8-15(17(24)25-2)22(10-14(23)9-20-21-19)16(11)12-4-6-13(18)7-5-12/h4-7,11,14-16,23H,3,8-10H2,1-2H3/t11-,14-,15-,16-/m0/s1. The molecule has 1 aromatic rings. The lowest BCUT2D eigenvalue weighted by Crippen LogP contribution is -2.52. The number of nitrogens with zero attached hydrogens (tertiary/aromatic N) is 4. The van der Waals surface area contributed by atoms with E-state index in [1.54, 1.807) is 0 Å². The molecule has 0 bridgehead atoms. The number of likely N-dealkylation sites (tertiary alicyclic amines) is 1. The second-order valence-electron chi connectivity index (χ2n) is 6.35. The van der Waals surface area contributed by atoms with Crippen LogP contribution in [0.4, 0.5) is 0 Å². The molecule has 1 aromatic carbocycles. The summed E-state index contributed by atoms with van der Waals surface area (Å²) in [7, 11) is 1.38. The molecule has 7 nitrogen and oxygen atoms in total. The summed E-state index contributed by atoms with van der Waals surface area (Å²) in [6.45, 7) is 2.36. The van der Waals surface area contributed by atoms with E-state index in [2.05, 4.69) is 32.9 Å². The van der Waals surface area contributed by atoms with E-state index in [9.17, 15) is 9.90 Å². The van der Waals surface area contributed by atoms with Gasteiger partial charge in [-0.1, -0.05) is 40.1 Å². The van der Waals surface area contributed by atoms with Crippen molar-refractivity contribution in [1.82, 2.24) is 4.90 Å². The van der Waals surface area contributed by atoms with Crippen molar-refractivity contribution in [2.45, 2.75) is 38.0 Å². The van der Waals surface area contributed by atoms with Crippen LogP contribution in [-0.2, 0) is 9.53 Å². The molecule has 8 heteroatoms. The molecule has 1 N–H and O–H groups in total. The number of methoxy groups -OCH3 is 1. The van der Waals surface area contributed by atoms with Crippen LogP contribution in [0.25, 0.3) is 10.4 Å². The van der Waals surface area contributed by atoms with E-state index in [-0.39, 0.29) is 25.1 Å². The molecular weight excluding hydrogens is 388 g/mol. The van der Waals surface area contributed by atoms with Gasteiger partial charge in [-0.05, 0) is 42.0 Å². The topological polar surface area (TPSA) is 98.5 Å². The van der Waals surface area contributed by atoms with Crippen LogP contribution in [0.3, 0.4) is 0 Å². The zero-order valence-corrected chi connectivity index (χ0v) is 16.0. The molecule has 1 fully saturated rings. The first kappa shape index (κ1) is 19.7. The fraction of sp³-hybridized carbons (Fsp3) is 0.588. The Kier molecular flexibility index (Phi) is 7.25. The summed E-state index contributed by atoms with van der Waals surface area (Å²) in [5.41, 5.74) is 9.54. The van der Waals surface area contributed by atoms with Crippen LogP contribution in [-0.4, -0.2) is 48.3 Å². The molecule has 0 unspecified atom stereocenters. The number of hydrogen-bond donors (Lipinski definition) is 1. The molecule has 0 aliphatic carbocycles. The van der Waals surface area contributed by atoms with Crippen molar-refractivity contribution in [2.24, 2.45) is 11.0 Å². The normalized spacial score (nSPS) is 25.0. The van der Waals surface area contributed by atoms with Gasteiger partial charge in [0, 0.05) is 22.0 Å². The smallest absolute Gasteiger partial charge is 0.323 e. The molecule has 1 saturated heterocycles. The van der Waals surface area contributed by atoms with E-state index >= 15 is 0 Å². The minimum atomic E-state index is -0.841. The Morgan fingerprint density at radius 1 is 1.48 bits per heavy atom. The number of benzene rings is 1. The molecule has 2 rings (SSSR count). The molecule has 1 heterocycles. The highest BCUT2D eigenvalue weighted by Gasteiger charge is 2.40. The first-order chi connectivity index (χ1) is 12.0. The van der Waals surface area contributed by atoms with Gasteiger partial charge in [-0.15, -0.1) is 0 Å². The number of ether oxygens (including phenoxy) is 1. The molecule has 0 saturated carbocycles. The maximum atomic E-state index is 12.3. The van der Waals surface area contributed by atoms with Crippen LogP contribution in [0.2, 0.25) is 0 Å². The van der Waals surface area contributed by atoms with Crippen molar-refractivity contribution in [1.29, 1.82) is 0 Å². The van der Waals surface area contributed by atoms with Crippen molar-refractivity contribution < 1.29 is 14.6 Å². The van der Waals surface area contributed by atoms with Gasteiger partial charge in [0.05, 0.1) is 19.8 Å². The highest BCUT2D eigenvalue weighted by atomic mass is 79.9. The van der Waals surface area contributed by atoms with E-state index in [1.165, 1.54) is 7.11 Å². The Labute approximate surface area is 155 Å². The molecular formula is C17H23BrN4O3. The summed E-state index contributed by atoms with van der Waals surface area (Å²) in [6.07, 6.45) is 0.727. The predicted molar refractivity (Wildman–Crippen MR) is 97.8 cm³/mol. The lowest BCUT2D eigenvalue weighted by atomic mass is 9.82. The summed E-state index contributed by atoms with van der Waals surface area (Å²) in [6, 6.07) is 7.55. The molecule has 1 aliphatic heterocycles. The van der Waals surface area contributed by atoms with Gasteiger partial charge in [-0.25, -0.2) is 0 Å². The van der Waals surface area contributed by atoms with Crippen LogP contribution in [0, 0.1) is 5.92 Å². The number of β-amino-alcohol motifs (C(OH)–C–C–N with tert-alkyl or cyclic N) is 1. The van der Waals surface area contributed by atoms with Crippen molar-refractivity contribution in [3.8, 4) is 0 Å². The fourth-order valence-corrected chi connectivity index (χ4v) is 3.77. The summed E-state index contributed by atoms with van der Waals surface area (Å²) < 4.78 is 5.95. The Morgan fingerprint density at radius 3 is 2.76 bits per heavy atom. The second kappa shape index (κ2) is 9.20. The van der Waals surface area contributed by atoms with Crippen molar-refractivity contribution in [3.05, 3.63) is 44.7 Å². The van der Waals surface area contributed by atoms with Gasteiger partial charge in [-0.2, -0.15) is 0 Å². The number of carbonyl (C=O) groups excluding carboxylic acids is 1. The minimum absolute atomic E-state index is 0.0216. The number of rotatable bonds is 6. The van der Waals surface area contributed by atoms with E-state index in [4.69, 9.17) is 10.3 Å². The second-order valence-corrected chi connectivity index (χ2v) is 7.27. The minimum Gasteiger partial charge on any atom is -0.468 e. The maximum Gasteiger partial charge on any atom is 0.323 e. The molecule has 1 aliphatic rings. The van der Waals surface area contributed by atoms with Gasteiger partial charge in [0.15, 0.2) is 0 Å². The summed E-state index contributed by atoms with van der Waals surface area (Å²) in [5, 5.41) is 13.7. The van der Waals surface area contributed by atoms with E-state index < -0.39 is 12.1 Å². The van der Waals surface area contributed by atoms with Crippen molar-refractivity contribution >= 4 is 21.9 Å².